The number of alkyl halides is 1. The van der Waals surface area contributed by atoms with Gasteiger partial charge in [0, 0.05) is 58.0 Å². The number of nitrogens with one attached hydrogen (secondary N) is 1. The number of rotatable bonds is 4. The number of hydrogen-bond donors (Lipinski definition) is 1. The number of amides is 3. The van der Waals surface area contributed by atoms with E-state index in [1.54, 1.807) is 30.3 Å². The van der Waals surface area contributed by atoms with Crippen LogP contribution in [0, 0.1) is 5.82 Å². The Morgan fingerprint density at radius 1 is 1.09 bits per heavy atom. The van der Waals surface area contributed by atoms with E-state index in [1.807, 2.05) is 30.0 Å². The molecular formula is C41H46F2N8O6. The SMILES string of the molecule is CN1CCN(C(=O)Oc2cc3c4c(cccc4c2)CCCOC(=O)N[C@]2(C)CCCN(C2)c2nc(OC[C@@]45CCCN4C[C@H](F)C5)nc4c(F)c-3ncc24)CC1=O. The molecule has 0 saturated carbocycles. The van der Waals surface area contributed by atoms with Crippen molar-refractivity contribution in [1.29, 1.82) is 0 Å². The van der Waals surface area contributed by atoms with E-state index in [0.29, 0.717) is 92.4 Å². The number of carbonyl (C=O) groups is 3. The third kappa shape index (κ3) is 7.01. The molecule has 57 heavy (non-hydrogen) atoms. The fourth-order valence-electron chi connectivity index (χ4n) is 9.41. The van der Waals surface area contributed by atoms with E-state index in [4.69, 9.17) is 24.2 Å². The van der Waals surface area contributed by atoms with Crippen LogP contribution < -0.4 is 19.7 Å². The first-order valence-electron chi connectivity index (χ1n) is 19.8. The number of aryl methyl sites for hydroxylation is 1. The van der Waals surface area contributed by atoms with Crippen LogP contribution in [0.25, 0.3) is 32.9 Å². The molecule has 4 aromatic rings. The molecule has 0 unspecified atom stereocenters. The zero-order valence-electron chi connectivity index (χ0n) is 32.2. The minimum Gasteiger partial charge on any atom is -0.461 e. The summed E-state index contributed by atoms with van der Waals surface area (Å²) in [5, 5.41) is 4.79. The molecule has 14 nitrogen and oxygen atoms in total. The lowest BCUT2D eigenvalue weighted by Gasteiger charge is -2.41. The number of halogens is 2. The van der Waals surface area contributed by atoms with Crippen molar-refractivity contribution >= 4 is 45.6 Å². The predicted octanol–water partition coefficient (Wildman–Crippen LogP) is 5.24. The third-order valence-corrected chi connectivity index (χ3v) is 12.3. The minimum atomic E-state index is -0.951. The van der Waals surface area contributed by atoms with Gasteiger partial charge in [0.1, 0.15) is 42.1 Å². The van der Waals surface area contributed by atoms with Gasteiger partial charge >= 0.3 is 18.2 Å². The van der Waals surface area contributed by atoms with Crippen LogP contribution in [0.4, 0.5) is 24.2 Å². The standard InChI is InChI=1S/C41H46F2N8O6/c1-40-10-5-12-50(23-40)36-30-20-44-34(33(43)35(30)45-37(46-36)56-24-41-11-6-13-51(41)21-27(42)19-41)29-18-28(57-39(54)49-15-14-48(2)31(52)22-49)17-26-8-3-7-25(32(26)29)9-4-16-55-38(53)47-40/h3,7-8,17-18,20,27H,4-6,9-16,19,21-24H2,1-2H3,(H,47,53)/t27-,40-,41+/m1/s1. The molecule has 3 atom stereocenters. The number of carbonyl (C=O) groups excluding carboxylic acids is 3. The number of hydrogen-bond acceptors (Lipinski definition) is 11. The first-order chi connectivity index (χ1) is 27.5. The molecular weight excluding hydrogens is 738 g/mol. The van der Waals surface area contributed by atoms with Crippen LogP contribution in [0.15, 0.2) is 36.5 Å². The fraction of sp³-hybridized carbons (Fsp3) is 0.512. The molecule has 6 aliphatic heterocycles. The molecule has 0 radical (unpaired) electrons. The zero-order valence-corrected chi connectivity index (χ0v) is 32.2. The maximum absolute atomic E-state index is 17.5. The average molecular weight is 785 g/mol. The highest BCUT2D eigenvalue weighted by Crippen LogP contribution is 2.42. The zero-order chi connectivity index (χ0) is 39.5. The van der Waals surface area contributed by atoms with E-state index in [-0.39, 0.29) is 48.6 Å². The van der Waals surface area contributed by atoms with E-state index < -0.39 is 35.3 Å². The smallest absolute Gasteiger partial charge is 0.415 e. The number of likely N-dealkylation sites (N-methyl/N-ethyl adjacent to an activating group) is 1. The van der Waals surface area contributed by atoms with Crippen LogP contribution in [-0.2, 0) is 16.0 Å². The van der Waals surface area contributed by atoms with Gasteiger partial charge < -0.3 is 29.3 Å². The summed E-state index contributed by atoms with van der Waals surface area (Å²) in [6.07, 6.45) is 3.85. The first-order valence-corrected chi connectivity index (χ1v) is 19.8. The molecule has 6 aliphatic rings. The molecule has 2 aromatic carbocycles. The lowest BCUT2D eigenvalue weighted by Crippen LogP contribution is -2.57. The van der Waals surface area contributed by atoms with E-state index in [9.17, 15) is 18.8 Å². The van der Waals surface area contributed by atoms with Gasteiger partial charge in [0.05, 0.1) is 23.1 Å². The monoisotopic (exact) mass is 784 g/mol. The van der Waals surface area contributed by atoms with Gasteiger partial charge in [-0.15, -0.1) is 0 Å². The van der Waals surface area contributed by atoms with Crippen LogP contribution in [0.1, 0.15) is 51.0 Å². The van der Waals surface area contributed by atoms with Gasteiger partial charge in [-0.05, 0) is 80.5 Å². The summed E-state index contributed by atoms with van der Waals surface area (Å²) in [4.78, 5) is 60.2. The lowest BCUT2D eigenvalue weighted by molar-refractivity contribution is -0.133. The fourth-order valence-corrected chi connectivity index (χ4v) is 9.41. The lowest BCUT2D eigenvalue weighted by atomic mass is 9.91. The van der Waals surface area contributed by atoms with Crippen LogP contribution in [0.5, 0.6) is 11.8 Å². The topological polar surface area (TPSA) is 143 Å². The van der Waals surface area contributed by atoms with Gasteiger partial charge in [0.25, 0.3) is 0 Å². The molecule has 6 bridgehead atoms. The Balaban J connectivity index is 1.18. The van der Waals surface area contributed by atoms with Crippen molar-refractivity contribution in [3.05, 3.63) is 47.9 Å². The second-order valence-electron chi connectivity index (χ2n) is 16.4. The third-order valence-electron chi connectivity index (χ3n) is 12.3. The van der Waals surface area contributed by atoms with Crippen LogP contribution in [-0.4, -0.2) is 131 Å². The van der Waals surface area contributed by atoms with Crippen molar-refractivity contribution in [2.45, 2.75) is 69.1 Å². The molecule has 16 heteroatoms. The number of piperidine rings is 1. The number of ether oxygens (including phenoxy) is 3. The quantitative estimate of drug-likeness (QED) is 0.290. The molecule has 4 saturated heterocycles. The second-order valence-corrected chi connectivity index (χ2v) is 16.4. The van der Waals surface area contributed by atoms with Crippen molar-refractivity contribution in [3.63, 3.8) is 0 Å². The molecule has 3 amide bonds. The van der Waals surface area contributed by atoms with Crippen LogP contribution >= 0.6 is 0 Å². The van der Waals surface area contributed by atoms with Crippen molar-refractivity contribution in [3.8, 4) is 23.0 Å². The van der Waals surface area contributed by atoms with Crippen molar-refractivity contribution in [2.24, 2.45) is 0 Å². The number of pyridine rings is 1. The highest BCUT2D eigenvalue weighted by Gasteiger charge is 2.49. The molecule has 8 heterocycles. The van der Waals surface area contributed by atoms with Gasteiger partial charge in [-0.3, -0.25) is 19.6 Å². The van der Waals surface area contributed by atoms with Crippen LogP contribution in [0.2, 0.25) is 0 Å². The van der Waals surface area contributed by atoms with Gasteiger partial charge in [0.15, 0.2) is 5.82 Å². The summed E-state index contributed by atoms with van der Waals surface area (Å²) < 4.78 is 50.1. The Morgan fingerprint density at radius 2 is 1.95 bits per heavy atom. The number of fused-ring (bicyclic) bond motifs is 7. The van der Waals surface area contributed by atoms with Crippen molar-refractivity contribution in [1.82, 2.24) is 35.0 Å². The van der Waals surface area contributed by atoms with Gasteiger partial charge in [0.2, 0.25) is 5.91 Å². The maximum atomic E-state index is 17.5. The van der Waals surface area contributed by atoms with Gasteiger partial charge in [-0.1, -0.05) is 18.2 Å². The highest BCUT2D eigenvalue weighted by atomic mass is 19.1. The summed E-state index contributed by atoms with van der Waals surface area (Å²) >= 11 is 0. The summed E-state index contributed by atoms with van der Waals surface area (Å²) in [7, 11) is 1.68. The molecule has 300 valence electrons. The van der Waals surface area contributed by atoms with Crippen molar-refractivity contribution < 1.29 is 37.4 Å². The summed E-state index contributed by atoms with van der Waals surface area (Å²) in [6.45, 7) is 4.91. The van der Waals surface area contributed by atoms with E-state index in [1.165, 1.54) is 4.90 Å². The van der Waals surface area contributed by atoms with Gasteiger partial charge in [-0.25, -0.2) is 18.4 Å². The molecule has 0 aliphatic carbocycles. The van der Waals surface area contributed by atoms with E-state index in [2.05, 4.69) is 15.2 Å². The van der Waals surface area contributed by atoms with Gasteiger partial charge in [-0.2, -0.15) is 9.97 Å². The average Bonchev–Trinajstić information content (AvgIpc) is 3.71. The normalized spacial score (nSPS) is 25.5. The Bertz CT molecular complexity index is 2280. The maximum Gasteiger partial charge on any atom is 0.415 e. The predicted molar refractivity (Wildman–Crippen MR) is 207 cm³/mol. The first kappa shape index (κ1) is 37.2. The molecule has 1 N–H and O–H groups in total. The number of aromatic nitrogens is 3. The molecule has 0 spiro atoms. The summed E-state index contributed by atoms with van der Waals surface area (Å²) in [5.74, 6) is -0.350. The minimum absolute atomic E-state index is 0.0106. The number of benzene rings is 2. The summed E-state index contributed by atoms with van der Waals surface area (Å²) in [5.41, 5.74) is 0.0406. The number of nitrogens with zero attached hydrogens (tertiary/aromatic N) is 7. The Hall–Kier alpha value is -5.38. The summed E-state index contributed by atoms with van der Waals surface area (Å²) in [6, 6.07) is 8.91. The Kier molecular flexibility index (Phi) is 9.48. The number of anilines is 1. The van der Waals surface area contributed by atoms with E-state index >= 15 is 4.39 Å². The Morgan fingerprint density at radius 3 is 2.81 bits per heavy atom. The number of piperazine rings is 1. The Labute approximate surface area is 328 Å². The second kappa shape index (κ2) is 14.5. The highest BCUT2D eigenvalue weighted by molar-refractivity contribution is 6.02. The number of alkyl carbamates (subject to hydrolysis) is 1. The molecule has 4 fully saturated rings. The molecule has 2 aromatic heterocycles. The van der Waals surface area contributed by atoms with Crippen LogP contribution in [0.3, 0.4) is 0 Å². The van der Waals surface area contributed by atoms with E-state index in [0.717, 1.165) is 24.9 Å². The van der Waals surface area contributed by atoms with Crippen molar-refractivity contribution in [2.75, 3.05) is 71.0 Å². The largest absolute Gasteiger partial charge is 0.461 e. The molecule has 10 rings (SSSR count).